The van der Waals surface area contributed by atoms with E-state index in [9.17, 15) is 9.18 Å². The zero-order valence-corrected chi connectivity index (χ0v) is 10.5. The Balaban J connectivity index is 2.97. The van der Waals surface area contributed by atoms with E-state index >= 15 is 0 Å². The standard InChI is InChI=1S/C9H4BrFINO/c10-5-1-4-8(2-6(5)11)13-3-7(12)9(4)14/h1-3H,(H,13,14). The maximum atomic E-state index is 13.1. The summed E-state index contributed by atoms with van der Waals surface area (Å²) in [6, 6.07) is 2.79. The molecule has 1 N–H and O–H groups in total. The molecule has 0 aliphatic heterocycles. The minimum Gasteiger partial charge on any atom is -0.360 e. The largest absolute Gasteiger partial charge is 0.360 e. The van der Waals surface area contributed by atoms with Crippen molar-refractivity contribution in [3.05, 3.63) is 42.4 Å². The van der Waals surface area contributed by atoms with Crippen LogP contribution in [0.1, 0.15) is 0 Å². The molecule has 0 aliphatic carbocycles. The molecule has 1 aromatic carbocycles. The lowest BCUT2D eigenvalue weighted by Gasteiger charge is -2.00. The van der Waals surface area contributed by atoms with Gasteiger partial charge in [-0.3, -0.25) is 4.79 Å². The third-order valence-electron chi connectivity index (χ3n) is 1.88. The fourth-order valence-corrected chi connectivity index (χ4v) is 1.98. The maximum absolute atomic E-state index is 13.1. The predicted octanol–water partition coefficient (Wildman–Crippen LogP) is 3.03. The lowest BCUT2D eigenvalue weighted by Crippen LogP contribution is -2.06. The Kier molecular flexibility index (Phi) is 2.61. The number of fused-ring (bicyclic) bond motifs is 1. The van der Waals surface area contributed by atoms with E-state index < -0.39 is 0 Å². The average molecular weight is 368 g/mol. The molecule has 0 aliphatic rings. The summed E-state index contributed by atoms with van der Waals surface area (Å²) < 4.78 is 14.0. The Morgan fingerprint density at radius 1 is 1.43 bits per heavy atom. The van der Waals surface area contributed by atoms with E-state index in [0.29, 0.717) is 18.9 Å². The van der Waals surface area contributed by atoms with Gasteiger partial charge in [-0.05, 0) is 50.7 Å². The van der Waals surface area contributed by atoms with E-state index in [1.165, 1.54) is 12.1 Å². The molecule has 0 spiro atoms. The number of nitrogens with one attached hydrogen (secondary N) is 1. The number of aromatic nitrogens is 1. The van der Waals surface area contributed by atoms with Crippen molar-refractivity contribution in [3.8, 4) is 0 Å². The van der Waals surface area contributed by atoms with Gasteiger partial charge in [-0.15, -0.1) is 0 Å². The first-order valence-electron chi connectivity index (χ1n) is 3.75. The van der Waals surface area contributed by atoms with E-state index in [2.05, 4.69) is 20.9 Å². The van der Waals surface area contributed by atoms with Gasteiger partial charge in [0.15, 0.2) is 0 Å². The van der Waals surface area contributed by atoms with Crippen LogP contribution in [0, 0.1) is 9.39 Å². The van der Waals surface area contributed by atoms with Crippen molar-refractivity contribution in [3.63, 3.8) is 0 Å². The maximum Gasteiger partial charge on any atom is 0.202 e. The SMILES string of the molecule is O=c1c(I)c[nH]c2cc(F)c(Br)cc12. The fraction of sp³-hybridized carbons (Fsp3) is 0. The van der Waals surface area contributed by atoms with Crippen molar-refractivity contribution >= 4 is 49.4 Å². The van der Waals surface area contributed by atoms with Crippen LogP contribution in [0.15, 0.2) is 27.6 Å². The number of halogens is 3. The highest BCUT2D eigenvalue weighted by Crippen LogP contribution is 2.20. The number of rotatable bonds is 0. The number of hydrogen-bond donors (Lipinski definition) is 1. The minimum absolute atomic E-state index is 0.0833. The van der Waals surface area contributed by atoms with Gasteiger partial charge in [0.25, 0.3) is 0 Å². The van der Waals surface area contributed by atoms with Crippen molar-refractivity contribution in [1.82, 2.24) is 4.98 Å². The van der Waals surface area contributed by atoms with Crippen LogP contribution in [0.25, 0.3) is 10.9 Å². The van der Waals surface area contributed by atoms with Crippen molar-refractivity contribution in [1.29, 1.82) is 0 Å². The normalized spacial score (nSPS) is 10.8. The van der Waals surface area contributed by atoms with Gasteiger partial charge in [0.1, 0.15) is 5.82 Å². The number of benzene rings is 1. The molecular weight excluding hydrogens is 364 g/mol. The van der Waals surface area contributed by atoms with Gasteiger partial charge in [0.2, 0.25) is 5.43 Å². The van der Waals surface area contributed by atoms with Crippen molar-refractivity contribution < 1.29 is 4.39 Å². The summed E-state index contributed by atoms with van der Waals surface area (Å²) in [7, 11) is 0. The lowest BCUT2D eigenvalue weighted by molar-refractivity contribution is 0.623. The molecule has 2 nitrogen and oxygen atoms in total. The minimum atomic E-state index is -0.380. The van der Waals surface area contributed by atoms with Crippen LogP contribution in [0.4, 0.5) is 4.39 Å². The number of pyridine rings is 1. The monoisotopic (exact) mass is 367 g/mol. The Hall–Kier alpha value is -0.430. The van der Waals surface area contributed by atoms with Gasteiger partial charge >= 0.3 is 0 Å². The molecule has 72 valence electrons. The van der Waals surface area contributed by atoms with Crippen LogP contribution in [0.3, 0.4) is 0 Å². The molecule has 0 unspecified atom stereocenters. The van der Waals surface area contributed by atoms with Gasteiger partial charge in [-0.25, -0.2) is 4.39 Å². The number of H-pyrrole nitrogens is 1. The van der Waals surface area contributed by atoms with Crippen LogP contribution < -0.4 is 5.43 Å². The first-order valence-corrected chi connectivity index (χ1v) is 5.62. The average Bonchev–Trinajstić information content (AvgIpc) is 2.15. The summed E-state index contributed by atoms with van der Waals surface area (Å²) in [5, 5.41) is 0.491. The summed E-state index contributed by atoms with van der Waals surface area (Å²) in [5.41, 5.74) is 0.427. The van der Waals surface area contributed by atoms with E-state index in [-0.39, 0.29) is 11.2 Å². The molecule has 5 heteroatoms. The first kappa shape index (κ1) is 10.1. The molecule has 0 bridgehead atoms. The molecule has 1 heterocycles. The molecule has 0 radical (unpaired) electrons. The zero-order chi connectivity index (χ0) is 10.3. The van der Waals surface area contributed by atoms with Crippen LogP contribution in [0.5, 0.6) is 0 Å². The molecule has 0 fully saturated rings. The molecule has 1 aromatic heterocycles. The zero-order valence-electron chi connectivity index (χ0n) is 6.77. The van der Waals surface area contributed by atoms with Crippen LogP contribution in [-0.2, 0) is 0 Å². The highest BCUT2D eigenvalue weighted by molar-refractivity contribution is 14.1. The highest BCUT2D eigenvalue weighted by atomic mass is 127. The molecule has 14 heavy (non-hydrogen) atoms. The van der Waals surface area contributed by atoms with Gasteiger partial charge in [-0.1, -0.05) is 0 Å². The van der Waals surface area contributed by atoms with Gasteiger partial charge in [0, 0.05) is 11.6 Å². The molecule has 2 aromatic rings. The van der Waals surface area contributed by atoms with Crippen molar-refractivity contribution in [2.24, 2.45) is 0 Å². The van der Waals surface area contributed by atoms with Crippen LogP contribution in [-0.4, -0.2) is 4.98 Å². The highest BCUT2D eigenvalue weighted by Gasteiger charge is 2.06. The molecule has 0 amide bonds. The molecular formula is C9H4BrFINO. The van der Waals surface area contributed by atoms with E-state index in [1.807, 2.05) is 22.6 Å². The predicted molar refractivity (Wildman–Crippen MR) is 64.9 cm³/mol. The Bertz CT molecular complexity index is 566. The summed E-state index contributed by atoms with van der Waals surface area (Å²) in [4.78, 5) is 14.5. The summed E-state index contributed by atoms with van der Waals surface area (Å²) in [6.07, 6.45) is 1.57. The second kappa shape index (κ2) is 3.62. The van der Waals surface area contributed by atoms with Crippen molar-refractivity contribution in [2.75, 3.05) is 0 Å². The van der Waals surface area contributed by atoms with E-state index in [4.69, 9.17) is 0 Å². The first-order chi connectivity index (χ1) is 6.59. The molecule has 2 rings (SSSR count). The number of aromatic amines is 1. The quantitative estimate of drug-likeness (QED) is 0.713. The van der Waals surface area contributed by atoms with E-state index in [1.54, 1.807) is 6.20 Å². The van der Waals surface area contributed by atoms with Gasteiger partial charge in [-0.2, -0.15) is 0 Å². The van der Waals surface area contributed by atoms with Crippen LogP contribution >= 0.6 is 38.5 Å². The molecule has 0 saturated carbocycles. The lowest BCUT2D eigenvalue weighted by atomic mass is 10.2. The fourth-order valence-electron chi connectivity index (χ4n) is 1.19. The third-order valence-corrected chi connectivity index (χ3v) is 3.29. The molecule has 0 saturated heterocycles. The summed E-state index contributed by atoms with van der Waals surface area (Å²) in [6.45, 7) is 0. The Morgan fingerprint density at radius 3 is 2.86 bits per heavy atom. The van der Waals surface area contributed by atoms with Gasteiger partial charge in [0.05, 0.1) is 13.6 Å². The topological polar surface area (TPSA) is 32.9 Å². The smallest absolute Gasteiger partial charge is 0.202 e. The Morgan fingerprint density at radius 2 is 2.14 bits per heavy atom. The summed E-state index contributed by atoms with van der Waals surface area (Å²) >= 11 is 4.98. The van der Waals surface area contributed by atoms with Crippen molar-refractivity contribution in [2.45, 2.75) is 0 Å². The second-order valence-corrected chi connectivity index (χ2v) is 4.79. The third kappa shape index (κ3) is 1.58. The molecule has 0 atom stereocenters. The van der Waals surface area contributed by atoms with E-state index in [0.717, 1.165) is 0 Å². The van der Waals surface area contributed by atoms with Crippen LogP contribution in [0.2, 0.25) is 0 Å². The summed E-state index contributed by atoms with van der Waals surface area (Å²) in [5.74, 6) is -0.380. The Labute approximate surface area is 101 Å². The second-order valence-electron chi connectivity index (χ2n) is 2.78. The number of hydrogen-bond acceptors (Lipinski definition) is 1. The van der Waals surface area contributed by atoms with Gasteiger partial charge < -0.3 is 4.98 Å².